The molecule has 15 heavy (non-hydrogen) atoms. The standard InChI is InChI=1S/C4H9NO2S.C4H9NO2/c5-3(1-2-8)4(6)7;1-2-3(5)4(6)7/h3,8H,1-2,5H2,(H,6,7);3H,2,5H2,1H3,(H,6,7)/t3-;/m0./s1. The second kappa shape index (κ2) is 9.75. The van der Waals surface area contributed by atoms with Crippen molar-refractivity contribution in [3.63, 3.8) is 0 Å². The molecule has 0 saturated carbocycles. The van der Waals surface area contributed by atoms with E-state index in [0.29, 0.717) is 18.6 Å². The molecule has 0 aliphatic rings. The topological polar surface area (TPSA) is 127 Å². The van der Waals surface area contributed by atoms with Crippen LogP contribution in [-0.2, 0) is 9.59 Å². The molecule has 0 aromatic heterocycles. The van der Waals surface area contributed by atoms with Gasteiger partial charge in [0, 0.05) is 0 Å². The molecular weight excluding hydrogens is 220 g/mol. The monoisotopic (exact) mass is 238 g/mol. The maximum atomic E-state index is 9.93. The molecule has 0 aromatic carbocycles. The van der Waals surface area contributed by atoms with Gasteiger partial charge in [-0.3, -0.25) is 9.59 Å². The van der Waals surface area contributed by atoms with Crippen LogP contribution < -0.4 is 11.5 Å². The summed E-state index contributed by atoms with van der Waals surface area (Å²) in [6.07, 6.45) is 0.924. The molecule has 2 atom stereocenters. The first-order chi connectivity index (χ1) is 6.86. The first kappa shape index (κ1) is 16.6. The molecule has 0 aromatic rings. The average molecular weight is 238 g/mol. The van der Waals surface area contributed by atoms with Gasteiger partial charge in [-0.25, -0.2) is 0 Å². The Balaban J connectivity index is 0. The van der Waals surface area contributed by atoms with Crippen LogP contribution in [0.5, 0.6) is 0 Å². The van der Waals surface area contributed by atoms with E-state index >= 15 is 0 Å². The minimum absolute atomic E-state index is 0.429. The Bertz CT molecular complexity index is 201. The normalized spacial score (nSPS) is 13.3. The lowest BCUT2D eigenvalue weighted by atomic mass is 10.2. The molecule has 6 nitrogen and oxygen atoms in total. The fraction of sp³-hybridized carbons (Fsp3) is 0.750. The average Bonchev–Trinajstić information content (AvgIpc) is 2.17. The highest BCUT2D eigenvalue weighted by Crippen LogP contribution is 1.88. The number of carboxylic acid groups (broad SMARTS) is 2. The highest BCUT2D eigenvalue weighted by Gasteiger charge is 2.08. The summed E-state index contributed by atoms with van der Waals surface area (Å²) in [5, 5.41) is 16.2. The van der Waals surface area contributed by atoms with Crippen molar-refractivity contribution >= 4 is 24.6 Å². The van der Waals surface area contributed by atoms with Crippen LogP contribution in [0.15, 0.2) is 0 Å². The van der Waals surface area contributed by atoms with Crippen molar-refractivity contribution in [2.45, 2.75) is 31.8 Å². The van der Waals surface area contributed by atoms with Crippen molar-refractivity contribution in [3.05, 3.63) is 0 Å². The summed E-state index contributed by atoms with van der Waals surface area (Å²) >= 11 is 3.81. The lowest BCUT2D eigenvalue weighted by molar-refractivity contribution is -0.139. The number of nitrogens with two attached hydrogens (primary N) is 2. The van der Waals surface area contributed by atoms with Crippen molar-refractivity contribution in [2.24, 2.45) is 11.5 Å². The highest BCUT2D eigenvalue weighted by atomic mass is 32.1. The number of hydrogen-bond acceptors (Lipinski definition) is 5. The Morgan fingerprint density at radius 1 is 1.20 bits per heavy atom. The Morgan fingerprint density at radius 3 is 1.67 bits per heavy atom. The lowest BCUT2D eigenvalue weighted by Crippen LogP contribution is -2.30. The van der Waals surface area contributed by atoms with Crippen molar-refractivity contribution in [1.82, 2.24) is 0 Å². The molecule has 0 saturated heterocycles. The van der Waals surface area contributed by atoms with Crippen LogP contribution in [0.4, 0.5) is 0 Å². The number of carboxylic acids is 2. The second-order valence-corrected chi connectivity index (χ2v) is 3.26. The minimum Gasteiger partial charge on any atom is -0.480 e. The summed E-state index contributed by atoms with van der Waals surface area (Å²) in [4.78, 5) is 19.7. The van der Waals surface area contributed by atoms with E-state index in [4.69, 9.17) is 21.7 Å². The molecule has 0 spiro atoms. The van der Waals surface area contributed by atoms with Gasteiger partial charge in [-0.2, -0.15) is 12.6 Å². The summed E-state index contributed by atoms with van der Waals surface area (Å²) < 4.78 is 0. The van der Waals surface area contributed by atoms with Gasteiger partial charge in [0.2, 0.25) is 0 Å². The van der Waals surface area contributed by atoms with E-state index in [1.165, 1.54) is 0 Å². The van der Waals surface area contributed by atoms with Gasteiger partial charge in [-0.15, -0.1) is 0 Å². The Hall–Kier alpha value is -0.790. The summed E-state index contributed by atoms with van der Waals surface area (Å²) in [7, 11) is 0. The van der Waals surface area contributed by atoms with E-state index in [9.17, 15) is 9.59 Å². The number of thiol groups is 1. The van der Waals surface area contributed by atoms with E-state index in [1.807, 2.05) is 0 Å². The maximum absolute atomic E-state index is 9.93. The van der Waals surface area contributed by atoms with Gasteiger partial charge >= 0.3 is 11.9 Å². The summed E-state index contributed by atoms with van der Waals surface area (Å²) in [5.41, 5.74) is 10.1. The fourth-order valence-corrected chi connectivity index (χ4v) is 0.715. The quantitative estimate of drug-likeness (QED) is 0.412. The summed E-state index contributed by atoms with van der Waals surface area (Å²) in [6, 6.07) is -1.42. The first-order valence-corrected chi connectivity index (χ1v) is 5.07. The smallest absolute Gasteiger partial charge is 0.320 e. The molecular formula is C8H18N2O4S. The zero-order chi connectivity index (χ0) is 12.4. The van der Waals surface area contributed by atoms with Crippen molar-refractivity contribution in [3.8, 4) is 0 Å². The van der Waals surface area contributed by atoms with Gasteiger partial charge in [0.25, 0.3) is 0 Å². The third kappa shape index (κ3) is 11.1. The van der Waals surface area contributed by atoms with Crippen LogP contribution in [-0.4, -0.2) is 40.0 Å². The summed E-state index contributed by atoms with van der Waals surface area (Å²) in [5.74, 6) is -1.37. The Kier molecular flexibility index (Phi) is 10.8. The SMILES string of the molecule is CCC(N)C(=O)O.N[C@@H](CCS)C(=O)O. The Labute approximate surface area is 94.0 Å². The van der Waals surface area contributed by atoms with Gasteiger partial charge in [-0.1, -0.05) is 6.92 Å². The molecule has 0 amide bonds. The third-order valence-electron chi connectivity index (χ3n) is 1.51. The van der Waals surface area contributed by atoms with Crippen molar-refractivity contribution < 1.29 is 19.8 Å². The second-order valence-electron chi connectivity index (χ2n) is 2.81. The third-order valence-corrected chi connectivity index (χ3v) is 1.77. The van der Waals surface area contributed by atoms with E-state index in [2.05, 4.69) is 12.6 Å². The molecule has 7 heteroatoms. The predicted molar refractivity (Wildman–Crippen MR) is 60.0 cm³/mol. The van der Waals surface area contributed by atoms with E-state index < -0.39 is 24.0 Å². The highest BCUT2D eigenvalue weighted by molar-refractivity contribution is 7.80. The lowest BCUT2D eigenvalue weighted by Gasteiger charge is -2.00. The van der Waals surface area contributed by atoms with Crippen molar-refractivity contribution in [2.75, 3.05) is 5.75 Å². The number of carbonyl (C=O) groups is 2. The Morgan fingerprint density at radius 2 is 1.60 bits per heavy atom. The molecule has 1 unspecified atom stereocenters. The van der Waals surface area contributed by atoms with Gasteiger partial charge in [0.1, 0.15) is 12.1 Å². The molecule has 0 aliphatic carbocycles. The molecule has 90 valence electrons. The first-order valence-electron chi connectivity index (χ1n) is 4.44. The zero-order valence-corrected chi connectivity index (χ0v) is 9.48. The van der Waals surface area contributed by atoms with Crippen LogP contribution in [0.2, 0.25) is 0 Å². The van der Waals surface area contributed by atoms with Crippen molar-refractivity contribution in [1.29, 1.82) is 0 Å². The molecule has 0 bridgehead atoms. The number of hydrogen-bond donors (Lipinski definition) is 5. The van der Waals surface area contributed by atoms with E-state index in [0.717, 1.165) is 0 Å². The number of rotatable bonds is 5. The van der Waals surface area contributed by atoms with Gasteiger partial charge in [0.05, 0.1) is 0 Å². The van der Waals surface area contributed by atoms with Gasteiger partial charge in [-0.05, 0) is 18.6 Å². The molecule has 0 rings (SSSR count). The summed E-state index contributed by atoms with van der Waals surface area (Å²) in [6.45, 7) is 1.73. The molecule has 6 N–H and O–H groups in total. The largest absolute Gasteiger partial charge is 0.480 e. The van der Waals surface area contributed by atoms with Gasteiger partial charge < -0.3 is 21.7 Å². The maximum Gasteiger partial charge on any atom is 0.320 e. The van der Waals surface area contributed by atoms with E-state index in [-0.39, 0.29) is 0 Å². The predicted octanol–water partition coefficient (Wildman–Crippen LogP) is -0.473. The fourth-order valence-electron chi connectivity index (χ4n) is 0.437. The minimum atomic E-state index is -0.959. The number of aliphatic carboxylic acids is 2. The van der Waals surface area contributed by atoms with Crippen LogP contribution in [0, 0.1) is 0 Å². The van der Waals surface area contributed by atoms with Crippen LogP contribution in [0.1, 0.15) is 19.8 Å². The van der Waals surface area contributed by atoms with Crippen LogP contribution >= 0.6 is 12.6 Å². The molecule has 0 fully saturated rings. The van der Waals surface area contributed by atoms with E-state index in [1.54, 1.807) is 6.92 Å². The molecule has 0 heterocycles. The zero-order valence-electron chi connectivity index (χ0n) is 8.59. The molecule has 0 radical (unpaired) electrons. The molecule has 0 aliphatic heterocycles. The van der Waals surface area contributed by atoms with Crippen LogP contribution in [0.3, 0.4) is 0 Å². The van der Waals surface area contributed by atoms with Gasteiger partial charge in [0.15, 0.2) is 0 Å². The van der Waals surface area contributed by atoms with Crippen LogP contribution in [0.25, 0.3) is 0 Å².